The van der Waals surface area contributed by atoms with Crippen molar-refractivity contribution in [1.29, 1.82) is 0 Å². The topological polar surface area (TPSA) is 31.6 Å². The maximum absolute atomic E-state index is 3.53. The molecule has 0 saturated carbocycles. The third kappa shape index (κ3) is 4.95. The van der Waals surface area contributed by atoms with Gasteiger partial charge in [-0.3, -0.25) is 0 Å². The molecule has 0 bridgehead atoms. The predicted octanol–water partition coefficient (Wildman–Crippen LogP) is 8.76. The highest BCUT2D eigenvalue weighted by Crippen LogP contribution is 2.62. The van der Waals surface area contributed by atoms with Gasteiger partial charge in [-0.2, -0.15) is 0 Å². The molecule has 2 nitrogen and oxygen atoms in total. The van der Waals surface area contributed by atoms with E-state index in [4.69, 9.17) is 0 Å². The quantitative estimate of drug-likeness (QED) is 0.254. The summed E-state index contributed by atoms with van der Waals surface area (Å²) in [6, 6.07) is 26.4. The van der Waals surface area contributed by atoms with Crippen LogP contribution in [-0.2, 0) is 11.3 Å². The molecule has 1 unspecified atom stereocenters. The standard InChI is InChI=1S/C30H38N2P2/c1-28(2,3)34(29(4,5)6)21-24-17-16-23(22-12-8-7-9-13-22)20-25(24)30(33,26-14-10-18-31-26)27-15-11-19-32-27/h7-20,31-32H,21,33H2,1-6H3. The summed E-state index contributed by atoms with van der Waals surface area (Å²) in [6.45, 7) is 14.5. The molecule has 2 aromatic heterocycles. The largest absolute Gasteiger partial charge is 0.364 e. The predicted molar refractivity (Wildman–Crippen MR) is 153 cm³/mol. The van der Waals surface area contributed by atoms with Gasteiger partial charge in [-0.05, 0) is 69.1 Å². The van der Waals surface area contributed by atoms with Crippen molar-refractivity contribution in [2.75, 3.05) is 0 Å². The molecule has 0 radical (unpaired) electrons. The number of H-pyrrole nitrogens is 2. The van der Waals surface area contributed by atoms with E-state index in [1.165, 1.54) is 33.6 Å². The second-order valence-electron chi connectivity index (χ2n) is 11.1. The average Bonchev–Trinajstić information content (AvgIpc) is 3.51. The fourth-order valence-electron chi connectivity index (χ4n) is 5.13. The first-order valence-corrected chi connectivity index (χ1v) is 14.1. The molecule has 0 saturated heterocycles. The lowest BCUT2D eigenvalue weighted by Crippen LogP contribution is -2.28. The summed E-state index contributed by atoms with van der Waals surface area (Å²) >= 11 is 0. The fraction of sp³-hybridized carbons (Fsp3) is 0.333. The molecule has 0 aliphatic carbocycles. The number of nitrogens with one attached hydrogen (secondary N) is 2. The van der Waals surface area contributed by atoms with Crippen molar-refractivity contribution in [3.05, 3.63) is 108 Å². The van der Waals surface area contributed by atoms with Crippen LogP contribution in [0.3, 0.4) is 0 Å². The lowest BCUT2D eigenvalue weighted by atomic mass is 9.86. The van der Waals surface area contributed by atoms with E-state index in [0.29, 0.717) is 0 Å². The molecule has 2 aromatic carbocycles. The molecule has 4 heteroatoms. The number of hydrogen-bond acceptors (Lipinski definition) is 0. The lowest BCUT2D eigenvalue weighted by Gasteiger charge is -2.43. The van der Waals surface area contributed by atoms with Crippen LogP contribution in [0.1, 0.15) is 64.1 Å². The Kier molecular flexibility index (Phi) is 6.97. The summed E-state index contributed by atoms with van der Waals surface area (Å²) in [4.78, 5) is 7.06. The van der Waals surface area contributed by atoms with Gasteiger partial charge in [-0.1, -0.05) is 91.9 Å². The van der Waals surface area contributed by atoms with Gasteiger partial charge in [0.05, 0.1) is 5.16 Å². The molecule has 0 aliphatic heterocycles. The van der Waals surface area contributed by atoms with Crippen LogP contribution in [0, 0.1) is 0 Å². The minimum absolute atomic E-state index is 0.255. The molecule has 1 atom stereocenters. The van der Waals surface area contributed by atoms with Crippen LogP contribution >= 0.6 is 17.2 Å². The zero-order valence-electron chi connectivity index (χ0n) is 21.3. The summed E-state index contributed by atoms with van der Waals surface area (Å²) in [5, 5.41) is 0.112. The van der Waals surface area contributed by atoms with Crippen LogP contribution in [0.25, 0.3) is 11.1 Å². The van der Waals surface area contributed by atoms with Crippen molar-refractivity contribution in [1.82, 2.24) is 9.97 Å². The van der Waals surface area contributed by atoms with E-state index in [2.05, 4.69) is 134 Å². The molecule has 0 aliphatic rings. The third-order valence-electron chi connectivity index (χ3n) is 6.64. The first-order valence-electron chi connectivity index (χ1n) is 12.0. The summed E-state index contributed by atoms with van der Waals surface area (Å²) in [5.74, 6) is 0. The first-order chi connectivity index (χ1) is 16.0. The second kappa shape index (κ2) is 9.49. The van der Waals surface area contributed by atoms with Crippen molar-refractivity contribution < 1.29 is 0 Å². The van der Waals surface area contributed by atoms with E-state index in [1.807, 2.05) is 12.4 Å². The average molecular weight is 489 g/mol. The Hall–Kier alpha value is -2.14. The molecular weight excluding hydrogens is 450 g/mol. The monoisotopic (exact) mass is 488 g/mol. The molecule has 0 amide bonds. The summed E-state index contributed by atoms with van der Waals surface area (Å²) in [6.07, 6.45) is 5.13. The number of aromatic nitrogens is 2. The summed E-state index contributed by atoms with van der Waals surface area (Å²) < 4.78 is 0. The Bertz CT molecular complexity index is 1150. The molecule has 2 heterocycles. The smallest absolute Gasteiger partial charge is 0.0891 e. The van der Waals surface area contributed by atoms with Crippen LogP contribution in [-0.4, -0.2) is 20.3 Å². The number of hydrogen-bond donors (Lipinski definition) is 2. The first kappa shape index (κ1) is 25.0. The van der Waals surface area contributed by atoms with Gasteiger partial charge in [0, 0.05) is 23.8 Å². The van der Waals surface area contributed by atoms with Crippen molar-refractivity contribution in [3.8, 4) is 11.1 Å². The number of rotatable bonds is 6. The zero-order valence-corrected chi connectivity index (χ0v) is 23.4. The van der Waals surface area contributed by atoms with Crippen molar-refractivity contribution >= 4 is 17.2 Å². The molecule has 4 aromatic rings. The van der Waals surface area contributed by atoms with Gasteiger partial charge in [0.25, 0.3) is 0 Å². The van der Waals surface area contributed by atoms with Gasteiger partial charge in [0.1, 0.15) is 0 Å². The highest BCUT2D eigenvalue weighted by molar-refractivity contribution is 7.60. The van der Waals surface area contributed by atoms with E-state index in [1.54, 1.807) is 0 Å². The Balaban J connectivity index is 1.96. The van der Waals surface area contributed by atoms with E-state index >= 15 is 0 Å². The Morgan fingerprint density at radius 3 is 1.71 bits per heavy atom. The normalized spacial score (nSPS) is 12.9. The van der Waals surface area contributed by atoms with Crippen molar-refractivity contribution in [3.63, 3.8) is 0 Å². The lowest BCUT2D eigenvalue weighted by molar-refractivity contribution is 0.701. The maximum atomic E-state index is 3.53. The highest BCUT2D eigenvalue weighted by atomic mass is 31.1. The van der Waals surface area contributed by atoms with E-state index < -0.39 is 5.16 Å². The van der Waals surface area contributed by atoms with Gasteiger partial charge in [-0.25, -0.2) is 0 Å². The molecule has 0 spiro atoms. The Morgan fingerprint density at radius 2 is 1.24 bits per heavy atom. The van der Waals surface area contributed by atoms with Gasteiger partial charge in [0.2, 0.25) is 0 Å². The Morgan fingerprint density at radius 1 is 0.676 bits per heavy atom. The maximum Gasteiger partial charge on any atom is 0.0891 e. The molecule has 4 rings (SSSR count). The highest BCUT2D eigenvalue weighted by Gasteiger charge is 2.39. The van der Waals surface area contributed by atoms with Crippen LogP contribution in [0.4, 0.5) is 0 Å². The molecular formula is C30H38N2P2. The fourth-order valence-corrected chi connectivity index (χ4v) is 9.33. The van der Waals surface area contributed by atoms with Crippen LogP contribution < -0.4 is 0 Å². The van der Waals surface area contributed by atoms with E-state index in [0.717, 1.165) is 6.16 Å². The van der Waals surface area contributed by atoms with Crippen LogP contribution in [0.5, 0.6) is 0 Å². The minimum atomic E-state index is -0.399. The zero-order chi connectivity index (χ0) is 24.6. The SMILES string of the molecule is CC(C)(C)P(Cc1ccc(-c2ccccc2)cc1C(P)(c1ccc[nH]1)c1ccc[nH]1)C(C)(C)C. The van der Waals surface area contributed by atoms with Gasteiger partial charge in [-0.15, -0.1) is 9.24 Å². The van der Waals surface area contributed by atoms with Gasteiger partial charge < -0.3 is 9.97 Å². The van der Waals surface area contributed by atoms with Crippen LogP contribution in [0.15, 0.2) is 85.2 Å². The van der Waals surface area contributed by atoms with Crippen LogP contribution in [0.2, 0.25) is 0 Å². The molecule has 2 N–H and O–H groups in total. The van der Waals surface area contributed by atoms with Gasteiger partial charge in [0.15, 0.2) is 0 Å². The van der Waals surface area contributed by atoms with E-state index in [-0.39, 0.29) is 18.2 Å². The number of benzene rings is 2. The van der Waals surface area contributed by atoms with E-state index in [9.17, 15) is 0 Å². The summed E-state index contributed by atoms with van der Waals surface area (Å²) in [5.41, 5.74) is 7.60. The van der Waals surface area contributed by atoms with Crippen molar-refractivity contribution in [2.45, 2.75) is 63.2 Å². The third-order valence-corrected chi connectivity index (χ3v) is 11.5. The second-order valence-corrected chi connectivity index (χ2v) is 15.9. The molecule has 0 fully saturated rings. The van der Waals surface area contributed by atoms with Gasteiger partial charge >= 0.3 is 0 Å². The summed E-state index contributed by atoms with van der Waals surface area (Å²) in [7, 11) is 2.91. The van der Waals surface area contributed by atoms with Crippen molar-refractivity contribution in [2.24, 2.45) is 0 Å². The minimum Gasteiger partial charge on any atom is -0.364 e. The molecule has 178 valence electrons. The molecule has 34 heavy (non-hydrogen) atoms. The number of aromatic amines is 2. The Labute approximate surface area is 209 Å².